The Kier molecular flexibility index (Phi) is 6.43. The van der Waals surface area contributed by atoms with Gasteiger partial charge in [-0.2, -0.15) is 9.97 Å². The summed E-state index contributed by atoms with van der Waals surface area (Å²) in [6, 6.07) is 14.1. The standard InChI is InChI=1S/C26H25N5O3S/c27-26-30-23(12-15-8-10-17(33)11-9-15)29-24(31-26)18-5-3-6-20(19(18)14-32)28-25(34)22-13-16-4-1-2-7-21(16)35-22/h3,5-6,8-11,13,32-33H,1-2,4,7,12,14H2,(H,28,34)(H2,27,29,30,31). The Labute approximate surface area is 206 Å². The van der Waals surface area contributed by atoms with Gasteiger partial charge in [0, 0.05) is 28.1 Å². The van der Waals surface area contributed by atoms with E-state index in [9.17, 15) is 15.0 Å². The molecule has 9 heteroatoms. The van der Waals surface area contributed by atoms with E-state index in [0.29, 0.717) is 39.8 Å². The second-order valence-corrected chi connectivity index (χ2v) is 9.62. The summed E-state index contributed by atoms with van der Waals surface area (Å²) in [5, 5.41) is 22.7. The summed E-state index contributed by atoms with van der Waals surface area (Å²) in [6.07, 6.45) is 4.76. The number of carbonyl (C=O) groups excluding carboxylic acids is 1. The number of nitrogens with two attached hydrogens (primary N) is 1. The van der Waals surface area contributed by atoms with Crippen molar-refractivity contribution in [2.75, 3.05) is 11.1 Å². The minimum atomic E-state index is -0.314. The van der Waals surface area contributed by atoms with Crippen LogP contribution in [0.4, 0.5) is 11.6 Å². The van der Waals surface area contributed by atoms with E-state index in [1.807, 2.05) is 6.07 Å². The van der Waals surface area contributed by atoms with Crippen molar-refractivity contribution in [2.45, 2.75) is 38.7 Å². The fourth-order valence-corrected chi connectivity index (χ4v) is 5.45. The van der Waals surface area contributed by atoms with E-state index in [1.54, 1.807) is 53.8 Å². The highest BCUT2D eigenvalue weighted by Gasteiger charge is 2.20. The molecule has 1 aliphatic rings. The lowest BCUT2D eigenvalue weighted by Crippen LogP contribution is -2.13. The smallest absolute Gasteiger partial charge is 0.265 e. The van der Waals surface area contributed by atoms with Crippen LogP contribution in [0.5, 0.6) is 5.75 Å². The summed E-state index contributed by atoms with van der Waals surface area (Å²) < 4.78 is 0. The Morgan fingerprint density at radius 2 is 1.86 bits per heavy atom. The first-order valence-corrected chi connectivity index (χ1v) is 12.3. The number of rotatable bonds is 6. The molecule has 0 saturated carbocycles. The van der Waals surface area contributed by atoms with Crippen LogP contribution in [-0.4, -0.2) is 31.1 Å². The molecule has 0 atom stereocenters. The van der Waals surface area contributed by atoms with Crippen LogP contribution >= 0.6 is 11.3 Å². The number of aromatic hydroxyl groups is 1. The number of phenols is 1. The fraction of sp³-hybridized carbons (Fsp3) is 0.231. The summed E-state index contributed by atoms with van der Waals surface area (Å²) in [4.78, 5) is 28.1. The molecule has 1 amide bonds. The minimum Gasteiger partial charge on any atom is -0.508 e. The van der Waals surface area contributed by atoms with Crippen LogP contribution in [0.3, 0.4) is 0 Å². The summed E-state index contributed by atoms with van der Waals surface area (Å²) in [7, 11) is 0. The molecule has 5 rings (SSSR count). The van der Waals surface area contributed by atoms with Gasteiger partial charge in [-0.3, -0.25) is 4.79 Å². The zero-order valence-corrected chi connectivity index (χ0v) is 19.8. The van der Waals surface area contributed by atoms with Crippen molar-refractivity contribution < 1.29 is 15.0 Å². The number of carbonyl (C=O) groups is 1. The largest absolute Gasteiger partial charge is 0.508 e. The number of benzene rings is 2. The Hall–Kier alpha value is -3.82. The van der Waals surface area contributed by atoms with Gasteiger partial charge in [0.1, 0.15) is 11.6 Å². The number of phenolic OH excluding ortho intramolecular Hbond substituents is 1. The third kappa shape index (κ3) is 5.01. The lowest BCUT2D eigenvalue weighted by molar-refractivity contribution is 0.103. The maximum Gasteiger partial charge on any atom is 0.265 e. The number of aliphatic hydroxyl groups is 1. The van der Waals surface area contributed by atoms with Gasteiger partial charge >= 0.3 is 0 Å². The average molecular weight is 488 g/mol. The molecule has 0 fully saturated rings. The van der Waals surface area contributed by atoms with Gasteiger partial charge in [-0.1, -0.05) is 24.3 Å². The molecule has 5 N–H and O–H groups in total. The fourth-order valence-electron chi connectivity index (χ4n) is 4.30. The Morgan fingerprint density at radius 1 is 1.06 bits per heavy atom. The van der Waals surface area contributed by atoms with E-state index in [4.69, 9.17) is 5.73 Å². The summed E-state index contributed by atoms with van der Waals surface area (Å²) >= 11 is 1.54. The molecule has 2 aromatic carbocycles. The molecule has 0 unspecified atom stereocenters. The molecular formula is C26H25N5O3S. The number of nitrogens with zero attached hydrogens (tertiary/aromatic N) is 3. The zero-order valence-electron chi connectivity index (χ0n) is 19.0. The predicted molar refractivity (Wildman–Crippen MR) is 135 cm³/mol. The number of aromatic nitrogens is 3. The van der Waals surface area contributed by atoms with E-state index in [-0.39, 0.29) is 24.2 Å². The second-order valence-electron chi connectivity index (χ2n) is 8.49. The zero-order chi connectivity index (χ0) is 24.4. The van der Waals surface area contributed by atoms with Crippen molar-refractivity contribution in [1.29, 1.82) is 0 Å². The highest BCUT2D eigenvalue weighted by Crippen LogP contribution is 2.32. The molecule has 8 nitrogen and oxygen atoms in total. The maximum absolute atomic E-state index is 13.0. The van der Waals surface area contributed by atoms with Crippen molar-refractivity contribution in [1.82, 2.24) is 15.0 Å². The Balaban J connectivity index is 1.44. The van der Waals surface area contributed by atoms with E-state index >= 15 is 0 Å². The molecule has 178 valence electrons. The van der Waals surface area contributed by atoms with Crippen molar-refractivity contribution >= 4 is 28.9 Å². The molecule has 35 heavy (non-hydrogen) atoms. The summed E-state index contributed by atoms with van der Waals surface area (Å²) in [6.45, 7) is -0.314. The van der Waals surface area contributed by atoms with Crippen LogP contribution in [0.15, 0.2) is 48.5 Å². The summed E-state index contributed by atoms with van der Waals surface area (Å²) in [5.41, 5.74) is 9.72. The van der Waals surface area contributed by atoms with Gasteiger partial charge in [0.2, 0.25) is 5.95 Å². The molecule has 2 heterocycles. The van der Waals surface area contributed by atoms with Crippen molar-refractivity contribution in [3.8, 4) is 17.1 Å². The molecular weight excluding hydrogens is 462 g/mol. The Morgan fingerprint density at radius 3 is 2.63 bits per heavy atom. The van der Waals surface area contributed by atoms with Crippen LogP contribution in [0.1, 0.15) is 49.9 Å². The molecule has 0 spiro atoms. The molecule has 0 bridgehead atoms. The van der Waals surface area contributed by atoms with Crippen molar-refractivity contribution in [2.24, 2.45) is 0 Å². The molecule has 2 aromatic heterocycles. The normalized spacial score (nSPS) is 12.8. The number of nitrogen functional groups attached to an aromatic ring is 1. The number of aliphatic hydroxyl groups excluding tert-OH is 1. The molecule has 4 aromatic rings. The molecule has 1 aliphatic carbocycles. The highest BCUT2D eigenvalue weighted by molar-refractivity contribution is 7.14. The monoisotopic (exact) mass is 487 g/mol. The number of fused-ring (bicyclic) bond motifs is 1. The third-order valence-electron chi connectivity index (χ3n) is 6.04. The van der Waals surface area contributed by atoms with E-state index in [0.717, 1.165) is 31.2 Å². The van der Waals surface area contributed by atoms with Crippen molar-refractivity contribution in [3.05, 3.63) is 80.8 Å². The number of hydrogen-bond acceptors (Lipinski definition) is 8. The minimum absolute atomic E-state index is 0.0614. The van der Waals surface area contributed by atoms with Gasteiger partial charge in [-0.15, -0.1) is 11.3 Å². The van der Waals surface area contributed by atoms with Gasteiger partial charge in [0.05, 0.1) is 11.5 Å². The van der Waals surface area contributed by atoms with Crippen LogP contribution < -0.4 is 11.1 Å². The van der Waals surface area contributed by atoms with Crippen LogP contribution in [0.2, 0.25) is 0 Å². The van der Waals surface area contributed by atoms with Gasteiger partial charge in [-0.25, -0.2) is 4.98 Å². The predicted octanol–water partition coefficient (Wildman–Crippen LogP) is 4.10. The number of thiophene rings is 1. The topological polar surface area (TPSA) is 134 Å². The van der Waals surface area contributed by atoms with Gasteiger partial charge in [0.25, 0.3) is 5.91 Å². The number of anilines is 2. The molecule has 0 saturated heterocycles. The number of nitrogens with one attached hydrogen (secondary N) is 1. The average Bonchev–Trinajstić information content (AvgIpc) is 3.30. The summed E-state index contributed by atoms with van der Waals surface area (Å²) in [5.74, 6) is 0.822. The highest BCUT2D eigenvalue weighted by atomic mass is 32.1. The second kappa shape index (κ2) is 9.81. The lowest BCUT2D eigenvalue weighted by atomic mass is 9.99. The molecule has 0 radical (unpaired) electrons. The third-order valence-corrected chi connectivity index (χ3v) is 7.28. The van der Waals surface area contributed by atoms with Crippen LogP contribution in [0, 0.1) is 0 Å². The first-order chi connectivity index (χ1) is 17.0. The quantitative estimate of drug-likeness (QED) is 0.322. The van der Waals surface area contributed by atoms with Gasteiger partial charge in [-0.05, 0) is 61.1 Å². The SMILES string of the molecule is Nc1nc(Cc2ccc(O)cc2)nc(-c2cccc(NC(=O)c3cc4c(s3)CCCC4)c2CO)n1. The van der Waals surface area contributed by atoms with Gasteiger partial charge in [0.15, 0.2) is 5.82 Å². The van der Waals surface area contributed by atoms with Crippen LogP contribution in [0.25, 0.3) is 11.4 Å². The first-order valence-electron chi connectivity index (χ1n) is 11.4. The Bertz CT molecular complexity index is 1360. The molecule has 0 aliphatic heterocycles. The number of aryl methyl sites for hydroxylation is 2. The van der Waals surface area contributed by atoms with E-state index in [1.165, 1.54) is 10.4 Å². The maximum atomic E-state index is 13.0. The van der Waals surface area contributed by atoms with Crippen LogP contribution in [-0.2, 0) is 25.9 Å². The van der Waals surface area contributed by atoms with E-state index in [2.05, 4.69) is 20.3 Å². The first kappa shape index (κ1) is 22.9. The van der Waals surface area contributed by atoms with Gasteiger partial charge < -0.3 is 21.3 Å². The van der Waals surface area contributed by atoms with E-state index < -0.39 is 0 Å². The van der Waals surface area contributed by atoms with Crippen molar-refractivity contribution in [3.63, 3.8) is 0 Å². The lowest BCUT2D eigenvalue weighted by Gasteiger charge is -2.14. The number of hydrogen-bond donors (Lipinski definition) is 4. The number of amides is 1.